The average Bonchev–Trinajstić information content (AvgIpc) is 2.56. The van der Waals surface area contributed by atoms with Gasteiger partial charge in [0.1, 0.15) is 0 Å². The van der Waals surface area contributed by atoms with Crippen LogP contribution in [0.5, 0.6) is 0 Å². The monoisotopic (exact) mass is 252 g/mol. The molecule has 2 fully saturated rings. The van der Waals surface area contributed by atoms with E-state index in [1.54, 1.807) is 0 Å². The standard InChI is InChI=1S/C14H24N2O2/c15-10-12(11-6-2-1-3-7-11)16-13(17)8-4-5-9-14(16)18/h11-12H,1-10,15H2. The van der Waals surface area contributed by atoms with Crippen LogP contribution in [0.4, 0.5) is 0 Å². The first-order valence-electron chi connectivity index (χ1n) is 7.29. The molecule has 0 bridgehead atoms. The predicted octanol–water partition coefficient (Wildman–Crippen LogP) is 1.82. The van der Waals surface area contributed by atoms with Gasteiger partial charge in [0.15, 0.2) is 0 Å². The molecule has 2 amide bonds. The first-order valence-corrected chi connectivity index (χ1v) is 7.29. The van der Waals surface area contributed by atoms with Gasteiger partial charge in [0.2, 0.25) is 11.8 Å². The van der Waals surface area contributed by atoms with Crippen LogP contribution in [0.1, 0.15) is 57.8 Å². The minimum Gasteiger partial charge on any atom is -0.328 e. The maximum Gasteiger partial charge on any atom is 0.229 e. The molecule has 0 aromatic rings. The summed E-state index contributed by atoms with van der Waals surface area (Å²) < 4.78 is 0. The highest BCUT2D eigenvalue weighted by Gasteiger charge is 2.35. The molecule has 0 spiro atoms. The van der Waals surface area contributed by atoms with E-state index in [0.29, 0.717) is 25.3 Å². The zero-order chi connectivity index (χ0) is 13.0. The largest absolute Gasteiger partial charge is 0.328 e. The fraction of sp³-hybridized carbons (Fsp3) is 0.857. The first-order chi connectivity index (χ1) is 8.74. The number of hydrogen-bond acceptors (Lipinski definition) is 3. The van der Waals surface area contributed by atoms with E-state index in [9.17, 15) is 9.59 Å². The third-order valence-corrected chi connectivity index (χ3v) is 4.34. The van der Waals surface area contributed by atoms with E-state index in [1.807, 2.05) is 0 Å². The lowest BCUT2D eigenvalue weighted by Crippen LogP contribution is -2.51. The molecule has 0 aromatic carbocycles. The van der Waals surface area contributed by atoms with Gasteiger partial charge in [0, 0.05) is 19.4 Å². The number of rotatable bonds is 3. The molecule has 18 heavy (non-hydrogen) atoms. The molecular formula is C14H24N2O2. The molecule has 1 saturated heterocycles. The van der Waals surface area contributed by atoms with E-state index in [0.717, 1.165) is 25.7 Å². The molecule has 1 atom stereocenters. The Balaban J connectivity index is 2.12. The van der Waals surface area contributed by atoms with Crippen LogP contribution in [0.3, 0.4) is 0 Å². The van der Waals surface area contributed by atoms with E-state index >= 15 is 0 Å². The molecule has 1 saturated carbocycles. The summed E-state index contributed by atoms with van der Waals surface area (Å²) in [6.07, 6.45) is 8.60. The molecule has 1 heterocycles. The smallest absolute Gasteiger partial charge is 0.229 e. The van der Waals surface area contributed by atoms with Crippen molar-refractivity contribution in [1.82, 2.24) is 4.90 Å². The van der Waals surface area contributed by atoms with Crippen molar-refractivity contribution in [2.45, 2.75) is 63.8 Å². The summed E-state index contributed by atoms with van der Waals surface area (Å²) in [7, 11) is 0. The normalized spacial score (nSPS) is 25.1. The Kier molecular flexibility index (Phi) is 4.75. The second-order valence-electron chi connectivity index (χ2n) is 5.57. The highest BCUT2D eigenvalue weighted by atomic mass is 16.2. The third-order valence-electron chi connectivity index (χ3n) is 4.34. The van der Waals surface area contributed by atoms with Crippen molar-refractivity contribution in [3.8, 4) is 0 Å². The summed E-state index contributed by atoms with van der Waals surface area (Å²) >= 11 is 0. The van der Waals surface area contributed by atoms with Crippen molar-refractivity contribution in [3.05, 3.63) is 0 Å². The molecule has 102 valence electrons. The molecule has 0 radical (unpaired) electrons. The molecule has 4 heteroatoms. The number of amides is 2. The van der Waals surface area contributed by atoms with Crippen molar-refractivity contribution in [2.75, 3.05) is 6.54 Å². The highest BCUT2D eigenvalue weighted by Crippen LogP contribution is 2.30. The van der Waals surface area contributed by atoms with Gasteiger partial charge in [-0.15, -0.1) is 0 Å². The molecule has 1 aliphatic carbocycles. The number of likely N-dealkylation sites (tertiary alicyclic amines) is 1. The zero-order valence-corrected chi connectivity index (χ0v) is 11.1. The lowest BCUT2D eigenvalue weighted by Gasteiger charge is -2.36. The molecule has 1 unspecified atom stereocenters. The van der Waals surface area contributed by atoms with Gasteiger partial charge in [-0.1, -0.05) is 19.3 Å². The SMILES string of the molecule is NCC(C1CCCCC1)N1C(=O)CCCCC1=O. The van der Waals surface area contributed by atoms with Crippen molar-refractivity contribution in [3.63, 3.8) is 0 Å². The van der Waals surface area contributed by atoms with E-state index in [1.165, 1.54) is 24.2 Å². The zero-order valence-electron chi connectivity index (χ0n) is 11.1. The van der Waals surface area contributed by atoms with Crippen LogP contribution >= 0.6 is 0 Å². The van der Waals surface area contributed by atoms with Gasteiger partial charge in [0.05, 0.1) is 6.04 Å². The average molecular weight is 252 g/mol. The summed E-state index contributed by atoms with van der Waals surface area (Å²) in [6.45, 7) is 0.419. The number of hydrogen-bond donors (Lipinski definition) is 1. The Hall–Kier alpha value is -0.900. The Labute approximate surface area is 109 Å². The maximum absolute atomic E-state index is 12.1. The third kappa shape index (κ3) is 2.91. The van der Waals surface area contributed by atoms with Crippen molar-refractivity contribution < 1.29 is 9.59 Å². The van der Waals surface area contributed by atoms with Crippen molar-refractivity contribution in [2.24, 2.45) is 11.7 Å². The Morgan fingerprint density at radius 2 is 1.56 bits per heavy atom. The molecule has 2 aliphatic rings. The maximum atomic E-state index is 12.1. The Bertz CT molecular complexity index is 293. The predicted molar refractivity (Wildman–Crippen MR) is 69.7 cm³/mol. The van der Waals surface area contributed by atoms with E-state index in [-0.39, 0.29) is 17.9 Å². The number of nitrogens with zero attached hydrogens (tertiary/aromatic N) is 1. The van der Waals surface area contributed by atoms with Crippen molar-refractivity contribution >= 4 is 11.8 Å². The molecule has 2 N–H and O–H groups in total. The highest BCUT2D eigenvalue weighted by molar-refractivity contribution is 5.96. The van der Waals surface area contributed by atoms with Crippen LogP contribution in [0.15, 0.2) is 0 Å². The number of nitrogens with two attached hydrogens (primary N) is 1. The Morgan fingerprint density at radius 1 is 1.00 bits per heavy atom. The summed E-state index contributed by atoms with van der Waals surface area (Å²) in [5, 5.41) is 0. The van der Waals surface area contributed by atoms with Gasteiger partial charge < -0.3 is 5.73 Å². The summed E-state index contributed by atoms with van der Waals surface area (Å²) in [4.78, 5) is 25.8. The van der Waals surface area contributed by atoms with Crippen LogP contribution in [0.2, 0.25) is 0 Å². The minimum absolute atomic E-state index is 0.00137. The van der Waals surface area contributed by atoms with Gasteiger partial charge in [-0.05, 0) is 31.6 Å². The topological polar surface area (TPSA) is 63.4 Å². The molecule has 4 nitrogen and oxygen atoms in total. The molecule has 0 aromatic heterocycles. The second kappa shape index (κ2) is 6.32. The van der Waals surface area contributed by atoms with Crippen LogP contribution in [0, 0.1) is 5.92 Å². The quantitative estimate of drug-likeness (QED) is 0.779. The minimum atomic E-state index is -0.0524. The van der Waals surface area contributed by atoms with E-state index in [2.05, 4.69) is 0 Å². The molecule has 1 aliphatic heterocycles. The summed E-state index contributed by atoms with van der Waals surface area (Å²) in [6, 6.07) is -0.0524. The van der Waals surface area contributed by atoms with Crippen LogP contribution in [-0.2, 0) is 9.59 Å². The number of imide groups is 1. The summed E-state index contributed by atoms with van der Waals surface area (Å²) in [5.74, 6) is 0.423. The van der Waals surface area contributed by atoms with Gasteiger partial charge >= 0.3 is 0 Å². The molecular weight excluding hydrogens is 228 g/mol. The number of carbonyl (C=O) groups excluding carboxylic acids is 2. The van der Waals surface area contributed by atoms with Crippen LogP contribution in [-0.4, -0.2) is 29.3 Å². The fourth-order valence-corrected chi connectivity index (χ4v) is 3.33. The Morgan fingerprint density at radius 3 is 2.06 bits per heavy atom. The molecule has 2 rings (SSSR count). The lowest BCUT2D eigenvalue weighted by atomic mass is 9.83. The van der Waals surface area contributed by atoms with E-state index < -0.39 is 0 Å². The second-order valence-corrected chi connectivity index (χ2v) is 5.57. The lowest BCUT2D eigenvalue weighted by molar-refractivity contribution is -0.148. The number of carbonyl (C=O) groups is 2. The van der Waals surface area contributed by atoms with Crippen LogP contribution in [0.25, 0.3) is 0 Å². The first kappa shape index (κ1) is 13.5. The van der Waals surface area contributed by atoms with Crippen molar-refractivity contribution in [1.29, 1.82) is 0 Å². The van der Waals surface area contributed by atoms with Gasteiger partial charge in [-0.2, -0.15) is 0 Å². The van der Waals surface area contributed by atoms with Gasteiger partial charge in [-0.25, -0.2) is 0 Å². The summed E-state index contributed by atoms with van der Waals surface area (Å²) in [5.41, 5.74) is 5.86. The van der Waals surface area contributed by atoms with Crippen LogP contribution < -0.4 is 5.73 Å². The van der Waals surface area contributed by atoms with Gasteiger partial charge in [-0.3, -0.25) is 14.5 Å². The van der Waals surface area contributed by atoms with Gasteiger partial charge in [0.25, 0.3) is 0 Å². The fourth-order valence-electron chi connectivity index (χ4n) is 3.33. The van der Waals surface area contributed by atoms with E-state index in [4.69, 9.17) is 5.73 Å².